The number of halogens is 1. The number of hydrogen-bond donors (Lipinski definition) is 2. The molecule has 0 spiro atoms. The van der Waals surface area contributed by atoms with Gasteiger partial charge >= 0.3 is 0 Å². The lowest BCUT2D eigenvalue weighted by Crippen LogP contribution is -2.33. The van der Waals surface area contributed by atoms with Crippen molar-refractivity contribution in [2.45, 2.75) is 6.42 Å². The van der Waals surface area contributed by atoms with Crippen LogP contribution in [0, 0.1) is 5.82 Å². The van der Waals surface area contributed by atoms with Crippen molar-refractivity contribution in [3.63, 3.8) is 0 Å². The van der Waals surface area contributed by atoms with Gasteiger partial charge in [-0.25, -0.2) is 4.39 Å². The predicted molar refractivity (Wildman–Crippen MR) is 79.9 cm³/mol. The number of phenolic OH excluding ortho intramolecular Hbond substituents is 1. The van der Waals surface area contributed by atoms with E-state index in [0.29, 0.717) is 30.8 Å². The number of amides is 1. The maximum Gasteiger partial charge on any atom is 0.258 e. The van der Waals surface area contributed by atoms with E-state index in [1.165, 1.54) is 29.2 Å². The molecule has 5 heteroatoms. The first-order chi connectivity index (χ1) is 10.1. The first-order valence-corrected chi connectivity index (χ1v) is 6.68. The molecule has 2 rings (SSSR count). The fourth-order valence-corrected chi connectivity index (χ4v) is 2.04. The molecule has 0 saturated carbocycles. The number of nitrogens with two attached hydrogens (primary N) is 1. The zero-order valence-corrected chi connectivity index (χ0v) is 11.5. The second kappa shape index (κ2) is 6.85. The van der Waals surface area contributed by atoms with Crippen LogP contribution in [0.4, 0.5) is 10.1 Å². The Bertz CT molecular complexity index is 631. The molecule has 0 saturated heterocycles. The van der Waals surface area contributed by atoms with E-state index < -0.39 is 5.82 Å². The number of benzene rings is 2. The summed E-state index contributed by atoms with van der Waals surface area (Å²) in [6.07, 6.45) is 0.598. The molecule has 3 N–H and O–H groups in total. The largest absolute Gasteiger partial charge is 0.508 e. The number of aromatic hydroxyl groups is 1. The monoisotopic (exact) mass is 288 g/mol. The number of anilines is 1. The highest BCUT2D eigenvalue weighted by atomic mass is 19.1. The van der Waals surface area contributed by atoms with E-state index in [-0.39, 0.29) is 11.7 Å². The van der Waals surface area contributed by atoms with Gasteiger partial charge in [0.1, 0.15) is 11.6 Å². The predicted octanol–water partition coefficient (Wildman–Crippen LogP) is 2.53. The maximum absolute atomic E-state index is 13.4. The first kappa shape index (κ1) is 15.0. The molecule has 21 heavy (non-hydrogen) atoms. The standard InChI is InChI=1S/C16H17FN2O2/c17-13-5-2-6-14(11-13)19(9-3-8-18)16(21)12-4-1-7-15(20)10-12/h1-2,4-7,10-11,20H,3,8-9,18H2. The van der Waals surface area contributed by atoms with Gasteiger partial charge in [0.2, 0.25) is 0 Å². The van der Waals surface area contributed by atoms with Gasteiger partial charge < -0.3 is 15.7 Å². The van der Waals surface area contributed by atoms with Gasteiger partial charge in [0.25, 0.3) is 5.91 Å². The normalized spacial score (nSPS) is 10.4. The molecule has 0 aromatic heterocycles. The summed E-state index contributed by atoms with van der Waals surface area (Å²) in [6, 6.07) is 11.9. The van der Waals surface area contributed by atoms with Crippen molar-refractivity contribution in [1.82, 2.24) is 0 Å². The molecule has 4 nitrogen and oxygen atoms in total. The number of carbonyl (C=O) groups excluding carboxylic acids is 1. The molecular formula is C16H17FN2O2. The summed E-state index contributed by atoms with van der Waals surface area (Å²) >= 11 is 0. The van der Waals surface area contributed by atoms with E-state index in [1.54, 1.807) is 24.3 Å². The van der Waals surface area contributed by atoms with Crippen molar-refractivity contribution >= 4 is 11.6 Å². The topological polar surface area (TPSA) is 66.6 Å². The van der Waals surface area contributed by atoms with Gasteiger partial charge in [-0.15, -0.1) is 0 Å². The minimum atomic E-state index is -0.408. The Morgan fingerprint density at radius 3 is 2.62 bits per heavy atom. The van der Waals surface area contributed by atoms with Crippen molar-refractivity contribution in [2.24, 2.45) is 5.73 Å². The molecule has 0 unspecified atom stereocenters. The van der Waals surface area contributed by atoms with Crippen molar-refractivity contribution in [1.29, 1.82) is 0 Å². The van der Waals surface area contributed by atoms with Crippen LogP contribution in [0.15, 0.2) is 48.5 Å². The van der Waals surface area contributed by atoms with Gasteiger partial charge in [-0.2, -0.15) is 0 Å². The van der Waals surface area contributed by atoms with E-state index in [4.69, 9.17) is 5.73 Å². The highest BCUT2D eigenvalue weighted by molar-refractivity contribution is 6.06. The number of carbonyl (C=O) groups is 1. The van der Waals surface area contributed by atoms with Crippen molar-refractivity contribution in [3.8, 4) is 5.75 Å². The van der Waals surface area contributed by atoms with Crippen LogP contribution in [0.1, 0.15) is 16.8 Å². The lowest BCUT2D eigenvalue weighted by atomic mass is 10.1. The van der Waals surface area contributed by atoms with Crippen LogP contribution in [0.2, 0.25) is 0 Å². The summed E-state index contributed by atoms with van der Waals surface area (Å²) in [5, 5.41) is 9.48. The third-order valence-corrected chi connectivity index (χ3v) is 3.04. The quantitative estimate of drug-likeness (QED) is 0.888. The Hall–Kier alpha value is -2.40. The Labute approximate surface area is 122 Å². The van der Waals surface area contributed by atoms with Gasteiger partial charge in [0.05, 0.1) is 0 Å². The minimum Gasteiger partial charge on any atom is -0.508 e. The van der Waals surface area contributed by atoms with Gasteiger partial charge in [0, 0.05) is 17.8 Å². The molecule has 2 aromatic rings. The molecular weight excluding hydrogens is 271 g/mol. The van der Waals surface area contributed by atoms with Crippen LogP contribution in [-0.2, 0) is 0 Å². The van der Waals surface area contributed by atoms with Gasteiger partial charge in [-0.05, 0) is 49.4 Å². The van der Waals surface area contributed by atoms with E-state index in [2.05, 4.69) is 0 Å². The summed E-state index contributed by atoms with van der Waals surface area (Å²) in [4.78, 5) is 14.0. The molecule has 2 aromatic carbocycles. The highest BCUT2D eigenvalue weighted by Gasteiger charge is 2.18. The summed E-state index contributed by atoms with van der Waals surface area (Å²) in [6.45, 7) is 0.813. The molecule has 0 aliphatic rings. The van der Waals surface area contributed by atoms with E-state index in [0.717, 1.165) is 0 Å². The summed E-state index contributed by atoms with van der Waals surface area (Å²) in [5.41, 5.74) is 6.31. The second-order valence-corrected chi connectivity index (χ2v) is 4.63. The summed E-state index contributed by atoms with van der Waals surface area (Å²) in [7, 11) is 0. The third-order valence-electron chi connectivity index (χ3n) is 3.04. The lowest BCUT2D eigenvalue weighted by molar-refractivity contribution is 0.0986. The Morgan fingerprint density at radius 1 is 1.19 bits per heavy atom. The molecule has 1 amide bonds. The third kappa shape index (κ3) is 3.79. The Kier molecular flexibility index (Phi) is 4.90. The number of hydrogen-bond acceptors (Lipinski definition) is 3. The molecule has 0 fully saturated rings. The van der Waals surface area contributed by atoms with Crippen LogP contribution in [0.5, 0.6) is 5.75 Å². The molecule has 0 aliphatic heterocycles. The van der Waals surface area contributed by atoms with Gasteiger partial charge in [-0.3, -0.25) is 4.79 Å². The highest BCUT2D eigenvalue weighted by Crippen LogP contribution is 2.20. The number of nitrogens with zero attached hydrogens (tertiary/aromatic N) is 1. The minimum absolute atomic E-state index is 0.0128. The molecule has 0 radical (unpaired) electrons. The van der Waals surface area contributed by atoms with Crippen molar-refractivity contribution in [3.05, 3.63) is 59.9 Å². The fourth-order valence-electron chi connectivity index (χ4n) is 2.04. The van der Waals surface area contributed by atoms with Crippen LogP contribution < -0.4 is 10.6 Å². The van der Waals surface area contributed by atoms with E-state index in [9.17, 15) is 14.3 Å². The average molecular weight is 288 g/mol. The zero-order valence-electron chi connectivity index (χ0n) is 11.5. The van der Waals surface area contributed by atoms with Crippen LogP contribution in [0.3, 0.4) is 0 Å². The zero-order chi connectivity index (χ0) is 15.2. The van der Waals surface area contributed by atoms with Crippen molar-refractivity contribution in [2.75, 3.05) is 18.0 Å². The first-order valence-electron chi connectivity index (χ1n) is 6.68. The van der Waals surface area contributed by atoms with Gasteiger partial charge in [-0.1, -0.05) is 12.1 Å². The molecule has 0 aliphatic carbocycles. The molecule has 0 bridgehead atoms. The average Bonchev–Trinajstić information content (AvgIpc) is 2.47. The molecule has 0 atom stereocenters. The second-order valence-electron chi connectivity index (χ2n) is 4.63. The number of rotatable bonds is 5. The van der Waals surface area contributed by atoms with Crippen LogP contribution in [-0.4, -0.2) is 24.1 Å². The summed E-state index contributed by atoms with van der Waals surface area (Å²) < 4.78 is 13.4. The van der Waals surface area contributed by atoms with E-state index >= 15 is 0 Å². The van der Waals surface area contributed by atoms with Crippen molar-refractivity contribution < 1.29 is 14.3 Å². The van der Waals surface area contributed by atoms with E-state index in [1.807, 2.05) is 0 Å². The Morgan fingerprint density at radius 2 is 1.95 bits per heavy atom. The smallest absolute Gasteiger partial charge is 0.258 e. The fraction of sp³-hybridized carbons (Fsp3) is 0.188. The van der Waals surface area contributed by atoms with Gasteiger partial charge in [0.15, 0.2) is 0 Å². The SMILES string of the molecule is NCCCN(C(=O)c1cccc(O)c1)c1cccc(F)c1. The van der Waals surface area contributed by atoms with Crippen LogP contribution in [0.25, 0.3) is 0 Å². The maximum atomic E-state index is 13.4. The van der Waals surface area contributed by atoms with Crippen LogP contribution >= 0.6 is 0 Å². The Balaban J connectivity index is 2.33. The number of phenols is 1. The lowest BCUT2D eigenvalue weighted by Gasteiger charge is -2.23. The summed E-state index contributed by atoms with van der Waals surface area (Å²) in [5.74, 6) is -0.697. The molecule has 110 valence electrons. The molecule has 0 heterocycles.